The van der Waals surface area contributed by atoms with Crippen molar-refractivity contribution in [3.8, 4) is 0 Å². The molecule has 0 radical (unpaired) electrons. The standard InChI is InChI=1S/C15H24N4O5S/c1-4-25(22,23)19(2)10-6-9-16-14(20)17-12-7-5-8-13(11-12)18-15(21)24-3/h5,7-8,11H,4,6,9-10H2,1-3H3,(H,18,21)(H2,16,17,20). The number of nitrogens with zero attached hydrogens (tertiary/aromatic N) is 1. The first-order valence-corrected chi connectivity index (χ1v) is 9.33. The van der Waals surface area contributed by atoms with Crippen LogP contribution >= 0.6 is 0 Å². The van der Waals surface area contributed by atoms with Gasteiger partial charge in [0.25, 0.3) is 0 Å². The van der Waals surface area contributed by atoms with Crippen LogP contribution < -0.4 is 16.0 Å². The average molecular weight is 372 g/mol. The lowest BCUT2D eigenvalue weighted by Crippen LogP contribution is -2.34. The molecule has 9 nitrogen and oxygen atoms in total. The van der Waals surface area contributed by atoms with Gasteiger partial charge in [0.15, 0.2) is 0 Å². The lowest BCUT2D eigenvalue weighted by atomic mass is 10.3. The van der Waals surface area contributed by atoms with Gasteiger partial charge in [0.1, 0.15) is 0 Å². The van der Waals surface area contributed by atoms with E-state index in [2.05, 4.69) is 20.7 Å². The van der Waals surface area contributed by atoms with Gasteiger partial charge < -0.3 is 15.4 Å². The Kier molecular flexibility index (Phi) is 8.16. The number of anilines is 2. The van der Waals surface area contributed by atoms with Crippen molar-refractivity contribution in [3.63, 3.8) is 0 Å². The minimum absolute atomic E-state index is 0.0490. The minimum Gasteiger partial charge on any atom is -0.453 e. The normalized spacial score (nSPS) is 11.0. The van der Waals surface area contributed by atoms with Crippen LogP contribution in [0.5, 0.6) is 0 Å². The molecule has 3 amide bonds. The molecule has 10 heteroatoms. The minimum atomic E-state index is -3.20. The maximum Gasteiger partial charge on any atom is 0.411 e. The predicted molar refractivity (Wildman–Crippen MR) is 96.2 cm³/mol. The maximum atomic E-state index is 11.8. The highest BCUT2D eigenvalue weighted by atomic mass is 32.2. The van der Waals surface area contributed by atoms with Gasteiger partial charge in [-0.05, 0) is 31.5 Å². The summed E-state index contributed by atoms with van der Waals surface area (Å²) in [5.41, 5.74) is 0.980. The van der Waals surface area contributed by atoms with Crippen molar-refractivity contribution in [2.45, 2.75) is 13.3 Å². The SMILES string of the molecule is CCS(=O)(=O)N(C)CCCNC(=O)Nc1cccc(NC(=O)OC)c1. The average Bonchev–Trinajstić information content (AvgIpc) is 2.58. The molecule has 0 saturated heterocycles. The second-order valence-corrected chi connectivity index (χ2v) is 7.52. The number of hydrogen-bond donors (Lipinski definition) is 3. The Morgan fingerprint density at radius 2 is 1.84 bits per heavy atom. The summed E-state index contributed by atoms with van der Waals surface area (Å²) < 4.78 is 28.9. The Balaban J connectivity index is 2.40. The molecule has 25 heavy (non-hydrogen) atoms. The molecule has 0 aliphatic heterocycles. The Morgan fingerprint density at radius 3 is 2.44 bits per heavy atom. The van der Waals surface area contributed by atoms with Gasteiger partial charge in [-0.1, -0.05) is 6.07 Å². The largest absolute Gasteiger partial charge is 0.453 e. The molecule has 0 saturated carbocycles. The van der Waals surface area contributed by atoms with Gasteiger partial charge in [-0.3, -0.25) is 5.32 Å². The predicted octanol–water partition coefficient (Wildman–Crippen LogP) is 1.66. The van der Waals surface area contributed by atoms with E-state index in [-0.39, 0.29) is 5.75 Å². The number of methoxy groups -OCH3 is 1. The van der Waals surface area contributed by atoms with E-state index in [1.807, 2.05) is 0 Å². The Hall–Kier alpha value is -2.33. The molecule has 0 aromatic heterocycles. The van der Waals surface area contributed by atoms with Crippen molar-refractivity contribution >= 4 is 33.5 Å². The third kappa shape index (κ3) is 7.40. The van der Waals surface area contributed by atoms with Crippen LogP contribution in [0.3, 0.4) is 0 Å². The van der Waals surface area contributed by atoms with Gasteiger partial charge >= 0.3 is 12.1 Å². The summed E-state index contributed by atoms with van der Waals surface area (Å²) in [4.78, 5) is 23.0. The van der Waals surface area contributed by atoms with E-state index in [0.29, 0.717) is 30.9 Å². The van der Waals surface area contributed by atoms with Crippen molar-refractivity contribution in [2.24, 2.45) is 0 Å². The monoisotopic (exact) mass is 372 g/mol. The molecule has 0 atom stereocenters. The highest BCUT2D eigenvalue weighted by Gasteiger charge is 2.14. The highest BCUT2D eigenvalue weighted by molar-refractivity contribution is 7.89. The fraction of sp³-hybridized carbons (Fsp3) is 0.467. The van der Waals surface area contributed by atoms with E-state index in [4.69, 9.17) is 0 Å². The highest BCUT2D eigenvalue weighted by Crippen LogP contribution is 2.15. The van der Waals surface area contributed by atoms with E-state index < -0.39 is 22.1 Å². The first-order chi connectivity index (χ1) is 11.8. The summed E-state index contributed by atoms with van der Waals surface area (Å²) in [7, 11) is -0.434. The van der Waals surface area contributed by atoms with E-state index in [0.717, 1.165) is 0 Å². The first-order valence-electron chi connectivity index (χ1n) is 7.72. The number of amides is 3. The third-order valence-electron chi connectivity index (χ3n) is 3.33. The van der Waals surface area contributed by atoms with Gasteiger partial charge in [0, 0.05) is 31.5 Å². The number of ether oxygens (including phenoxy) is 1. The number of urea groups is 1. The summed E-state index contributed by atoms with van der Waals surface area (Å²) in [6.07, 6.45) is -0.111. The van der Waals surface area contributed by atoms with Crippen LogP contribution in [-0.2, 0) is 14.8 Å². The van der Waals surface area contributed by atoms with E-state index in [9.17, 15) is 18.0 Å². The smallest absolute Gasteiger partial charge is 0.411 e. The molecule has 0 bridgehead atoms. The van der Waals surface area contributed by atoms with Crippen molar-refractivity contribution in [3.05, 3.63) is 24.3 Å². The summed E-state index contributed by atoms with van der Waals surface area (Å²) in [6, 6.07) is 6.16. The Bertz CT molecular complexity index is 693. The molecule has 0 heterocycles. The van der Waals surface area contributed by atoms with Crippen molar-refractivity contribution in [1.82, 2.24) is 9.62 Å². The summed E-state index contributed by atoms with van der Waals surface area (Å²) in [6.45, 7) is 2.24. The number of benzene rings is 1. The third-order valence-corrected chi connectivity index (χ3v) is 5.19. The second kappa shape index (κ2) is 9.84. The van der Waals surface area contributed by atoms with Gasteiger partial charge in [-0.15, -0.1) is 0 Å². The lowest BCUT2D eigenvalue weighted by Gasteiger charge is -2.16. The molecule has 1 aromatic rings. The Morgan fingerprint density at radius 1 is 1.20 bits per heavy atom. The van der Waals surface area contributed by atoms with Crippen LogP contribution in [0.1, 0.15) is 13.3 Å². The molecule has 140 valence electrons. The molecule has 0 spiro atoms. The van der Waals surface area contributed by atoms with Crippen molar-refractivity contribution < 1.29 is 22.7 Å². The van der Waals surface area contributed by atoms with Crippen LogP contribution in [0.25, 0.3) is 0 Å². The fourth-order valence-corrected chi connectivity index (χ4v) is 2.73. The van der Waals surface area contributed by atoms with Crippen LogP contribution in [0.2, 0.25) is 0 Å². The van der Waals surface area contributed by atoms with E-state index in [1.54, 1.807) is 31.2 Å². The number of hydrogen-bond acceptors (Lipinski definition) is 5. The lowest BCUT2D eigenvalue weighted by molar-refractivity contribution is 0.187. The quantitative estimate of drug-likeness (QED) is 0.600. The molecular formula is C15H24N4O5S. The van der Waals surface area contributed by atoms with Gasteiger partial charge in [0.05, 0.1) is 12.9 Å². The number of sulfonamides is 1. The number of carbonyl (C=O) groups excluding carboxylic acids is 2. The van der Waals surface area contributed by atoms with Gasteiger partial charge in [-0.25, -0.2) is 22.3 Å². The molecular weight excluding hydrogens is 348 g/mol. The maximum absolute atomic E-state index is 11.8. The number of carbonyl (C=O) groups is 2. The zero-order valence-corrected chi connectivity index (χ0v) is 15.4. The molecule has 0 unspecified atom stereocenters. The van der Waals surface area contributed by atoms with Gasteiger partial charge in [0.2, 0.25) is 10.0 Å². The van der Waals surface area contributed by atoms with E-state index in [1.165, 1.54) is 18.5 Å². The van der Waals surface area contributed by atoms with Crippen molar-refractivity contribution in [1.29, 1.82) is 0 Å². The first kappa shape index (κ1) is 20.7. The molecule has 0 aliphatic carbocycles. The van der Waals surface area contributed by atoms with Crippen LogP contribution in [0.15, 0.2) is 24.3 Å². The van der Waals surface area contributed by atoms with Gasteiger partial charge in [-0.2, -0.15) is 0 Å². The van der Waals surface area contributed by atoms with Crippen LogP contribution in [0, 0.1) is 0 Å². The molecule has 0 fully saturated rings. The molecule has 1 rings (SSSR count). The second-order valence-electron chi connectivity index (χ2n) is 5.15. The topological polar surface area (TPSA) is 117 Å². The van der Waals surface area contributed by atoms with Crippen LogP contribution in [-0.4, -0.2) is 57.8 Å². The number of nitrogens with one attached hydrogen (secondary N) is 3. The van der Waals surface area contributed by atoms with E-state index >= 15 is 0 Å². The summed E-state index contributed by atoms with van der Waals surface area (Å²) >= 11 is 0. The van der Waals surface area contributed by atoms with Crippen LogP contribution in [0.4, 0.5) is 21.0 Å². The zero-order valence-electron chi connectivity index (χ0n) is 14.5. The Labute approximate surface area is 147 Å². The number of rotatable bonds is 8. The summed E-state index contributed by atoms with van der Waals surface area (Å²) in [5.74, 6) is 0.0490. The summed E-state index contributed by atoms with van der Waals surface area (Å²) in [5, 5.41) is 7.77. The molecule has 0 aliphatic rings. The fourth-order valence-electron chi connectivity index (χ4n) is 1.88. The zero-order chi connectivity index (χ0) is 18.9. The molecule has 1 aromatic carbocycles. The van der Waals surface area contributed by atoms with Crippen molar-refractivity contribution in [2.75, 3.05) is 43.6 Å². The molecule has 3 N–H and O–H groups in total.